The third kappa shape index (κ3) is 1.70. The third-order valence-electron chi connectivity index (χ3n) is 5.26. The van der Waals surface area contributed by atoms with E-state index in [4.69, 9.17) is 14.2 Å². The second-order valence-electron chi connectivity index (χ2n) is 6.60. The Bertz CT molecular complexity index is 789. The van der Waals surface area contributed by atoms with Gasteiger partial charge in [0.2, 0.25) is 12.7 Å². The van der Waals surface area contributed by atoms with E-state index in [9.17, 15) is 14.7 Å². The van der Waals surface area contributed by atoms with E-state index in [0.29, 0.717) is 24.6 Å². The van der Waals surface area contributed by atoms with Crippen molar-refractivity contribution in [3.63, 3.8) is 0 Å². The predicted octanol–water partition coefficient (Wildman–Crippen LogP) is -0.553. The number of benzene rings is 1. The molecule has 1 amide bonds. The van der Waals surface area contributed by atoms with Crippen LogP contribution in [0.25, 0.3) is 0 Å². The van der Waals surface area contributed by atoms with Crippen molar-refractivity contribution in [2.75, 3.05) is 13.3 Å². The monoisotopic (exact) mass is 328 g/mol. The standard InChI is InChI=1S/C17H15NO6/c19-15-14-13(16(20)21)11-3-4-17(14,24-11)7-18(15)6-9-1-2-10-12(5-9)23-8-22-10/h1-5,11,13-14H,6-8H2,(H,20,21)/p-1/t11-,13+,14-,17+/m1/s1. The Balaban J connectivity index is 1.42. The maximum Gasteiger partial charge on any atom is 0.231 e. The van der Waals surface area contributed by atoms with E-state index < -0.39 is 29.5 Å². The van der Waals surface area contributed by atoms with Gasteiger partial charge >= 0.3 is 0 Å². The Morgan fingerprint density at radius 1 is 1.33 bits per heavy atom. The van der Waals surface area contributed by atoms with Gasteiger partial charge in [0.15, 0.2) is 11.5 Å². The Labute approximate surface area is 137 Å². The fourth-order valence-electron chi connectivity index (χ4n) is 4.24. The second kappa shape index (κ2) is 4.51. The number of carboxylic acids is 1. The van der Waals surface area contributed by atoms with E-state index in [1.54, 1.807) is 11.0 Å². The number of ether oxygens (including phenoxy) is 3. The minimum Gasteiger partial charge on any atom is -0.550 e. The molecule has 5 rings (SSSR count). The second-order valence-corrected chi connectivity index (χ2v) is 6.60. The molecule has 0 radical (unpaired) electrons. The van der Waals surface area contributed by atoms with Gasteiger partial charge in [-0.15, -0.1) is 0 Å². The fourth-order valence-corrected chi connectivity index (χ4v) is 4.24. The number of carboxylic acid groups (broad SMARTS) is 1. The van der Waals surface area contributed by atoms with Crippen LogP contribution in [0.1, 0.15) is 5.56 Å². The Hall–Kier alpha value is -2.54. The summed E-state index contributed by atoms with van der Waals surface area (Å²) in [6.45, 7) is 0.914. The fraction of sp³-hybridized carbons (Fsp3) is 0.412. The molecule has 2 fully saturated rings. The quantitative estimate of drug-likeness (QED) is 0.692. The first kappa shape index (κ1) is 13.9. The highest BCUT2D eigenvalue weighted by molar-refractivity contribution is 5.90. The Morgan fingerprint density at radius 3 is 3.00 bits per heavy atom. The van der Waals surface area contributed by atoms with E-state index in [0.717, 1.165) is 5.56 Å². The lowest BCUT2D eigenvalue weighted by Crippen LogP contribution is -2.45. The largest absolute Gasteiger partial charge is 0.550 e. The molecule has 2 saturated heterocycles. The molecule has 0 unspecified atom stereocenters. The van der Waals surface area contributed by atoms with Crippen molar-refractivity contribution in [2.45, 2.75) is 18.2 Å². The summed E-state index contributed by atoms with van der Waals surface area (Å²) in [5, 5.41) is 11.4. The van der Waals surface area contributed by atoms with Crippen LogP contribution in [0.3, 0.4) is 0 Å². The summed E-state index contributed by atoms with van der Waals surface area (Å²) >= 11 is 0. The molecule has 0 aliphatic carbocycles. The minimum absolute atomic E-state index is 0.194. The van der Waals surface area contributed by atoms with E-state index in [2.05, 4.69) is 0 Å². The highest BCUT2D eigenvalue weighted by Crippen LogP contribution is 2.51. The van der Waals surface area contributed by atoms with Crippen molar-refractivity contribution in [1.82, 2.24) is 4.90 Å². The lowest BCUT2D eigenvalue weighted by atomic mass is 9.77. The molecule has 4 heterocycles. The van der Waals surface area contributed by atoms with Crippen LogP contribution in [-0.4, -0.2) is 41.8 Å². The zero-order valence-electron chi connectivity index (χ0n) is 12.6. The molecule has 1 aromatic carbocycles. The summed E-state index contributed by atoms with van der Waals surface area (Å²) < 4.78 is 16.5. The van der Waals surface area contributed by atoms with Crippen LogP contribution in [0.2, 0.25) is 0 Å². The molecule has 1 aromatic rings. The average molecular weight is 328 g/mol. The molecule has 7 heteroatoms. The third-order valence-corrected chi connectivity index (χ3v) is 5.26. The summed E-state index contributed by atoms with van der Waals surface area (Å²) in [4.78, 5) is 25.9. The van der Waals surface area contributed by atoms with Crippen LogP contribution < -0.4 is 14.6 Å². The molecule has 2 bridgehead atoms. The number of rotatable bonds is 3. The molecule has 7 nitrogen and oxygen atoms in total. The van der Waals surface area contributed by atoms with Gasteiger partial charge in [0.05, 0.1) is 18.6 Å². The zero-order valence-corrected chi connectivity index (χ0v) is 12.6. The summed E-state index contributed by atoms with van der Waals surface area (Å²) in [6.07, 6.45) is 3.00. The molecule has 4 atom stereocenters. The van der Waals surface area contributed by atoms with Crippen LogP contribution in [0.4, 0.5) is 0 Å². The Morgan fingerprint density at radius 2 is 2.17 bits per heavy atom. The van der Waals surface area contributed by atoms with Gasteiger partial charge < -0.3 is 29.0 Å². The molecule has 0 saturated carbocycles. The van der Waals surface area contributed by atoms with Crippen molar-refractivity contribution in [3.8, 4) is 11.5 Å². The summed E-state index contributed by atoms with van der Waals surface area (Å²) in [6, 6.07) is 5.52. The number of hydrogen-bond donors (Lipinski definition) is 0. The topological polar surface area (TPSA) is 88.1 Å². The molecular formula is C17H14NO6-. The molecule has 24 heavy (non-hydrogen) atoms. The van der Waals surface area contributed by atoms with Crippen LogP contribution >= 0.6 is 0 Å². The van der Waals surface area contributed by atoms with Gasteiger partial charge in [-0.25, -0.2) is 0 Å². The van der Waals surface area contributed by atoms with Gasteiger partial charge in [0, 0.05) is 18.4 Å². The van der Waals surface area contributed by atoms with Crippen molar-refractivity contribution in [1.29, 1.82) is 0 Å². The van der Waals surface area contributed by atoms with E-state index in [1.807, 2.05) is 24.3 Å². The molecule has 0 aromatic heterocycles. The average Bonchev–Trinajstić information content (AvgIpc) is 3.28. The molecule has 124 valence electrons. The minimum atomic E-state index is -1.23. The molecule has 4 aliphatic rings. The SMILES string of the molecule is O=C([O-])[C@H]1[C@H]2C=C[C@@]3(CN(Cc4ccc5c(c4)OCO5)C(=O)[C@@H]13)O2. The van der Waals surface area contributed by atoms with E-state index in [1.165, 1.54) is 0 Å². The Kier molecular flexibility index (Phi) is 2.60. The predicted molar refractivity (Wildman–Crippen MR) is 76.7 cm³/mol. The lowest BCUT2D eigenvalue weighted by Gasteiger charge is -2.24. The maximum absolute atomic E-state index is 12.8. The number of carbonyl (C=O) groups is 2. The maximum atomic E-state index is 12.8. The number of nitrogens with zero attached hydrogens (tertiary/aromatic N) is 1. The van der Waals surface area contributed by atoms with Gasteiger partial charge in [-0.3, -0.25) is 4.79 Å². The van der Waals surface area contributed by atoms with Gasteiger partial charge in [0.25, 0.3) is 0 Å². The highest BCUT2D eigenvalue weighted by Gasteiger charge is 2.65. The summed E-state index contributed by atoms with van der Waals surface area (Å²) in [7, 11) is 0. The summed E-state index contributed by atoms with van der Waals surface area (Å²) in [5.74, 6) is -1.70. The number of amides is 1. The van der Waals surface area contributed by atoms with Crippen molar-refractivity contribution in [3.05, 3.63) is 35.9 Å². The van der Waals surface area contributed by atoms with Gasteiger partial charge in [-0.05, 0) is 17.7 Å². The van der Waals surface area contributed by atoms with Crippen LogP contribution in [-0.2, 0) is 20.9 Å². The van der Waals surface area contributed by atoms with Crippen molar-refractivity contribution >= 4 is 11.9 Å². The first-order valence-electron chi connectivity index (χ1n) is 7.83. The normalized spacial score (nSPS) is 34.9. The van der Waals surface area contributed by atoms with Crippen LogP contribution in [0.5, 0.6) is 11.5 Å². The number of likely N-dealkylation sites (tertiary alicyclic amines) is 1. The molecule has 4 aliphatic heterocycles. The molecule has 1 spiro atoms. The molecular weight excluding hydrogens is 314 g/mol. The van der Waals surface area contributed by atoms with Gasteiger partial charge in [0.1, 0.15) is 5.60 Å². The smallest absolute Gasteiger partial charge is 0.231 e. The van der Waals surface area contributed by atoms with Gasteiger partial charge in [-0.2, -0.15) is 0 Å². The summed E-state index contributed by atoms with van der Waals surface area (Å²) in [5.41, 5.74) is 0.0653. The highest BCUT2D eigenvalue weighted by atomic mass is 16.7. The lowest BCUT2D eigenvalue weighted by molar-refractivity contribution is -0.313. The van der Waals surface area contributed by atoms with E-state index in [-0.39, 0.29) is 12.7 Å². The first-order valence-corrected chi connectivity index (χ1v) is 7.83. The van der Waals surface area contributed by atoms with E-state index >= 15 is 0 Å². The molecule has 0 N–H and O–H groups in total. The zero-order chi connectivity index (χ0) is 16.5. The van der Waals surface area contributed by atoms with Gasteiger partial charge in [-0.1, -0.05) is 18.2 Å². The number of fused-ring (bicyclic) bond motifs is 2. The van der Waals surface area contributed by atoms with Crippen LogP contribution in [0, 0.1) is 11.8 Å². The number of aliphatic carboxylic acids is 1. The van der Waals surface area contributed by atoms with Crippen LogP contribution in [0.15, 0.2) is 30.4 Å². The van der Waals surface area contributed by atoms with Crippen molar-refractivity contribution in [2.24, 2.45) is 11.8 Å². The first-order chi connectivity index (χ1) is 11.6. The number of hydrogen-bond acceptors (Lipinski definition) is 6. The number of carbonyl (C=O) groups excluding carboxylic acids is 2. The van der Waals surface area contributed by atoms with Crippen molar-refractivity contribution < 1.29 is 28.9 Å².